The number of hydrogen-bond acceptors (Lipinski definition) is 6. The number of ether oxygens (including phenoxy) is 2. The molecule has 4 saturated carbocycles. The average molecular weight is 572 g/mol. The van der Waals surface area contributed by atoms with E-state index in [1.54, 1.807) is 14.2 Å². The number of rotatable bonds is 9. The Bertz CT molecular complexity index is 1080. The smallest absolute Gasteiger partial charge is 0.220 e. The van der Waals surface area contributed by atoms with Gasteiger partial charge in [0.15, 0.2) is 11.5 Å². The van der Waals surface area contributed by atoms with E-state index in [0.717, 1.165) is 63.4 Å². The van der Waals surface area contributed by atoms with Crippen molar-refractivity contribution in [2.24, 2.45) is 46.3 Å². The molecule has 0 aliphatic heterocycles. The molecule has 7 nitrogen and oxygen atoms in total. The molecule has 0 saturated heterocycles. The number of amides is 1. The van der Waals surface area contributed by atoms with Crippen molar-refractivity contribution >= 4 is 5.91 Å². The fourth-order valence-electron chi connectivity index (χ4n) is 10.2. The summed E-state index contributed by atoms with van der Waals surface area (Å²) in [7, 11) is 3.24. The van der Waals surface area contributed by atoms with Crippen LogP contribution in [-0.2, 0) is 11.2 Å². The van der Waals surface area contributed by atoms with Crippen LogP contribution in [0.15, 0.2) is 18.2 Å². The van der Waals surface area contributed by atoms with E-state index in [2.05, 4.69) is 26.1 Å². The fraction of sp³-hybridized carbons (Fsp3) is 0.794. The van der Waals surface area contributed by atoms with Crippen molar-refractivity contribution in [2.45, 2.75) is 103 Å². The lowest BCUT2D eigenvalue weighted by molar-refractivity contribution is -0.207. The monoisotopic (exact) mass is 571 g/mol. The average Bonchev–Trinajstić information content (AvgIpc) is 3.31. The molecule has 1 aromatic rings. The van der Waals surface area contributed by atoms with Crippen LogP contribution in [0.1, 0.15) is 84.1 Å². The molecule has 230 valence electrons. The van der Waals surface area contributed by atoms with Crippen molar-refractivity contribution in [2.75, 3.05) is 20.8 Å². The first-order valence-corrected chi connectivity index (χ1v) is 16.0. The summed E-state index contributed by atoms with van der Waals surface area (Å²) in [6, 6.07) is 5.83. The van der Waals surface area contributed by atoms with Gasteiger partial charge in [-0.2, -0.15) is 0 Å². The molecular weight excluding hydrogens is 518 g/mol. The zero-order valence-electron chi connectivity index (χ0n) is 25.8. The second-order valence-corrected chi connectivity index (χ2v) is 14.3. The van der Waals surface area contributed by atoms with Gasteiger partial charge in [-0.1, -0.05) is 26.8 Å². The Morgan fingerprint density at radius 1 is 1.02 bits per heavy atom. The van der Waals surface area contributed by atoms with Crippen LogP contribution in [0.2, 0.25) is 0 Å². The van der Waals surface area contributed by atoms with Gasteiger partial charge >= 0.3 is 0 Å². The lowest BCUT2D eigenvalue weighted by Crippen LogP contribution is -2.62. The molecule has 4 fully saturated rings. The SMILES string of the molecule is COc1ccc(CCNC(=O)CC[C@@H](C)[C@H]2CC[C@H]3[C@@H]4[C@H](O)C[C@@H]5C[C@H](O)CC[C@]5(C)[C@H]4C[C@H](O)[C@]23C)cc1OC. The third-order valence-electron chi connectivity index (χ3n) is 12.5. The summed E-state index contributed by atoms with van der Waals surface area (Å²) < 4.78 is 10.7. The number of benzene rings is 1. The summed E-state index contributed by atoms with van der Waals surface area (Å²) >= 11 is 0. The van der Waals surface area contributed by atoms with E-state index in [1.807, 2.05) is 18.2 Å². The molecule has 0 spiro atoms. The first-order valence-electron chi connectivity index (χ1n) is 16.0. The van der Waals surface area contributed by atoms with Gasteiger partial charge in [-0.15, -0.1) is 0 Å². The van der Waals surface area contributed by atoms with E-state index in [0.29, 0.717) is 54.1 Å². The van der Waals surface area contributed by atoms with E-state index in [1.165, 1.54) is 0 Å². The number of carbonyl (C=O) groups excluding carboxylic acids is 1. The summed E-state index contributed by atoms with van der Waals surface area (Å²) in [6.07, 6.45) is 7.23. The second-order valence-electron chi connectivity index (χ2n) is 14.3. The minimum absolute atomic E-state index is 0.0717. The molecule has 1 aromatic carbocycles. The van der Waals surface area contributed by atoms with Gasteiger partial charge in [0.05, 0.1) is 32.5 Å². The van der Waals surface area contributed by atoms with Crippen LogP contribution in [0.25, 0.3) is 0 Å². The first kappa shape index (κ1) is 30.6. The summed E-state index contributed by atoms with van der Waals surface area (Å²) in [5, 5.41) is 36.7. The minimum atomic E-state index is -0.395. The number of aliphatic hydroxyl groups excluding tert-OH is 3. The second kappa shape index (κ2) is 12.0. The largest absolute Gasteiger partial charge is 0.493 e. The Morgan fingerprint density at radius 2 is 1.78 bits per heavy atom. The maximum Gasteiger partial charge on any atom is 0.220 e. The maximum atomic E-state index is 12.8. The van der Waals surface area contributed by atoms with E-state index < -0.39 is 6.10 Å². The van der Waals surface area contributed by atoms with Crippen LogP contribution in [0.5, 0.6) is 11.5 Å². The maximum absolute atomic E-state index is 12.8. The molecule has 0 heterocycles. The van der Waals surface area contributed by atoms with E-state index in [-0.39, 0.29) is 34.9 Å². The molecule has 41 heavy (non-hydrogen) atoms. The molecule has 0 aromatic heterocycles. The number of fused-ring (bicyclic) bond motifs is 5. The molecule has 0 unspecified atom stereocenters. The van der Waals surface area contributed by atoms with Crippen molar-refractivity contribution in [1.29, 1.82) is 0 Å². The highest BCUT2D eigenvalue weighted by Gasteiger charge is 2.65. The quantitative estimate of drug-likeness (QED) is 0.341. The van der Waals surface area contributed by atoms with Crippen molar-refractivity contribution in [3.05, 3.63) is 23.8 Å². The molecule has 0 radical (unpaired) electrons. The molecular formula is C34H53NO6. The van der Waals surface area contributed by atoms with Crippen molar-refractivity contribution in [1.82, 2.24) is 5.32 Å². The lowest BCUT2D eigenvalue weighted by atomic mass is 9.43. The van der Waals surface area contributed by atoms with Gasteiger partial charge in [-0.3, -0.25) is 4.79 Å². The highest BCUT2D eigenvalue weighted by molar-refractivity contribution is 5.75. The molecule has 5 rings (SSSR count). The van der Waals surface area contributed by atoms with Crippen LogP contribution in [0.3, 0.4) is 0 Å². The van der Waals surface area contributed by atoms with Crippen LogP contribution >= 0.6 is 0 Å². The Morgan fingerprint density at radius 3 is 2.51 bits per heavy atom. The van der Waals surface area contributed by atoms with Crippen molar-refractivity contribution < 1.29 is 29.6 Å². The topological polar surface area (TPSA) is 108 Å². The summed E-state index contributed by atoms with van der Waals surface area (Å²) in [4.78, 5) is 12.8. The van der Waals surface area contributed by atoms with E-state index >= 15 is 0 Å². The lowest BCUT2D eigenvalue weighted by Gasteiger charge is -2.63. The van der Waals surface area contributed by atoms with Crippen LogP contribution in [0, 0.1) is 46.3 Å². The third-order valence-corrected chi connectivity index (χ3v) is 12.5. The minimum Gasteiger partial charge on any atom is -0.493 e. The van der Waals surface area contributed by atoms with E-state index in [9.17, 15) is 20.1 Å². The number of hydrogen-bond donors (Lipinski definition) is 4. The molecule has 4 aliphatic rings. The Labute approximate surface area is 246 Å². The van der Waals surface area contributed by atoms with E-state index in [4.69, 9.17) is 9.47 Å². The molecule has 4 N–H and O–H groups in total. The van der Waals surface area contributed by atoms with Gasteiger partial charge in [-0.25, -0.2) is 0 Å². The van der Waals surface area contributed by atoms with Crippen molar-refractivity contribution in [3.63, 3.8) is 0 Å². The number of aliphatic hydroxyl groups is 3. The van der Waals surface area contributed by atoms with Gasteiger partial charge in [-0.05, 0) is 122 Å². The van der Waals surface area contributed by atoms with Crippen molar-refractivity contribution in [3.8, 4) is 11.5 Å². The van der Waals surface area contributed by atoms with Gasteiger partial charge in [0, 0.05) is 13.0 Å². The molecule has 4 aliphatic carbocycles. The zero-order chi connectivity index (χ0) is 29.5. The fourth-order valence-corrected chi connectivity index (χ4v) is 10.2. The molecule has 11 atom stereocenters. The Kier molecular flexibility index (Phi) is 9.00. The summed E-state index contributed by atoms with van der Waals surface area (Å²) in [5.74, 6) is 3.29. The number of nitrogens with one attached hydrogen (secondary N) is 1. The zero-order valence-corrected chi connectivity index (χ0v) is 25.8. The molecule has 7 heteroatoms. The van der Waals surface area contributed by atoms with Crippen LogP contribution in [0.4, 0.5) is 0 Å². The van der Waals surface area contributed by atoms with Gasteiger partial charge in [0.1, 0.15) is 0 Å². The Balaban J connectivity index is 1.17. The van der Waals surface area contributed by atoms with Gasteiger partial charge in [0.25, 0.3) is 0 Å². The van der Waals surface area contributed by atoms with Gasteiger partial charge < -0.3 is 30.1 Å². The number of carbonyl (C=O) groups is 1. The normalized spacial score (nSPS) is 40.6. The highest BCUT2D eigenvalue weighted by Crippen LogP contribution is 2.68. The summed E-state index contributed by atoms with van der Waals surface area (Å²) in [5.41, 5.74) is 0.938. The number of methoxy groups -OCH3 is 2. The predicted octanol–water partition coefficient (Wildman–Crippen LogP) is 4.74. The first-order chi connectivity index (χ1) is 19.5. The molecule has 0 bridgehead atoms. The Hall–Kier alpha value is -1.83. The third kappa shape index (κ3) is 5.51. The summed E-state index contributed by atoms with van der Waals surface area (Å²) in [6.45, 7) is 7.48. The van der Waals surface area contributed by atoms with Crippen LogP contribution in [-0.4, -0.2) is 60.3 Å². The van der Waals surface area contributed by atoms with Gasteiger partial charge in [0.2, 0.25) is 5.91 Å². The highest BCUT2D eigenvalue weighted by atomic mass is 16.5. The predicted molar refractivity (Wildman–Crippen MR) is 159 cm³/mol. The van der Waals surface area contributed by atoms with Crippen LogP contribution < -0.4 is 14.8 Å². The standard InChI is InChI=1S/C34H53NO6/c1-20(6-11-31(39)35-15-13-21-7-10-28(40-4)29(16-21)41-5)24-8-9-25-32-26(19-30(38)34(24,25)3)33(2)14-12-23(36)17-22(33)18-27(32)37/h7,10,16,20,22-27,30,32,36-38H,6,8-9,11-15,17-19H2,1-5H3,(H,35,39)/t20-,22+,23-,24-,25+,26+,27-,30+,32+,33+,34-/m1/s1. The molecule has 1 amide bonds.